The highest BCUT2D eigenvalue weighted by atomic mass is 35.5. The molecule has 7 heteroatoms. The summed E-state index contributed by atoms with van der Waals surface area (Å²) in [6.07, 6.45) is 4.55. The van der Waals surface area contributed by atoms with Gasteiger partial charge in [0, 0.05) is 17.3 Å². The molecule has 0 aliphatic rings. The number of aromatic nitrogens is 4. The Morgan fingerprint density at radius 1 is 1.33 bits per heavy atom. The maximum Gasteiger partial charge on any atom is 0.160 e. The lowest BCUT2D eigenvalue weighted by atomic mass is 10.4. The predicted molar refractivity (Wildman–Crippen MR) is 87.4 cm³/mol. The molecule has 3 aromatic heterocycles. The van der Waals surface area contributed by atoms with E-state index in [0.29, 0.717) is 11.6 Å². The minimum absolute atomic E-state index is 0.205. The fourth-order valence-corrected chi connectivity index (χ4v) is 3.35. The van der Waals surface area contributed by atoms with Gasteiger partial charge in [0.15, 0.2) is 5.65 Å². The summed E-state index contributed by atoms with van der Waals surface area (Å²) in [5, 5.41) is 1.40. The summed E-state index contributed by atoms with van der Waals surface area (Å²) >= 11 is 14.0. The maximum absolute atomic E-state index is 6.26. The molecule has 0 amide bonds. The lowest BCUT2D eigenvalue weighted by Crippen LogP contribution is -2.06. The minimum Gasteiger partial charge on any atom is -0.305 e. The van der Waals surface area contributed by atoms with Gasteiger partial charge in [-0.2, -0.15) is 0 Å². The van der Waals surface area contributed by atoms with Gasteiger partial charge in [0.05, 0.1) is 16.9 Å². The van der Waals surface area contributed by atoms with Crippen LogP contribution in [0.1, 0.15) is 34.9 Å². The predicted octanol–water partition coefficient (Wildman–Crippen LogP) is 4.45. The Labute approximate surface area is 136 Å². The van der Waals surface area contributed by atoms with Crippen LogP contribution in [-0.4, -0.2) is 19.5 Å². The summed E-state index contributed by atoms with van der Waals surface area (Å²) in [5.41, 5.74) is 1.55. The molecular formula is C14H14Cl2N4S. The molecule has 0 spiro atoms. The van der Waals surface area contributed by atoms with Crippen molar-refractivity contribution >= 4 is 45.7 Å². The third-order valence-electron chi connectivity index (χ3n) is 3.18. The van der Waals surface area contributed by atoms with E-state index in [9.17, 15) is 0 Å². The fraction of sp³-hybridized carbons (Fsp3) is 0.357. The van der Waals surface area contributed by atoms with Crippen LogP contribution in [0.15, 0.2) is 18.5 Å². The van der Waals surface area contributed by atoms with Gasteiger partial charge in [0.1, 0.15) is 16.3 Å². The summed E-state index contributed by atoms with van der Waals surface area (Å²) in [4.78, 5) is 14.7. The molecule has 0 fully saturated rings. The standard InChI is InChI=1S/C14H14Cl2N4S/c1-3-10-6-17-12(21-10)7-20-13(8(2)15)19-11-4-9(16)5-18-14(11)20/h4-6,8H,3,7H2,1-2H3. The molecule has 3 heterocycles. The van der Waals surface area contributed by atoms with Crippen molar-refractivity contribution in [3.05, 3.63) is 39.2 Å². The molecule has 3 aromatic rings. The van der Waals surface area contributed by atoms with Crippen molar-refractivity contribution in [3.8, 4) is 0 Å². The first-order chi connectivity index (χ1) is 10.1. The average Bonchev–Trinajstić information content (AvgIpc) is 3.04. The smallest absolute Gasteiger partial charge is 0.160 e. The van der Waals surface area contributed by atoms with Crippen molar-refractivity contribution in [2.24, 2.45) is 0 Å². The number of hydrogen-bond acceptors (Lipinski definition) is 4. The third kappa shape index (κ3) is 2.91. The van der Waals surface area contributed by atoms with Gasteiger partial charge in [-0.05, 0) is 19.4 Å². The van der Waals surface area contributed by atoms with Crippen molar-refractivity contribution in [3.63, 3.8) is 0 Å². The van der Waals surface area contributed by atoms with Gasteiger partial charge in [0.25, 0.3) is 0 Å². The van der Waals surface area contributed by atoms with Gasteiger partial charge in [-0.3, -0.25) is 0 Å². The summed E-state index contributed by atoms with van der Waals surface area (Å²) in [6.45, 7) is 4.65. The summed E-state index contributed by atoms with van der Waals surface area (Å²) in [5.74, 6) is 0.787. The van der Waals surface area contributed by atoms with Crippen LogP contribution in [0.5, 0.6) is 0 Å². The number of aryl methyl sites for hydroxylation is 1. The summed E-state index contributed by atoms with van der Waals surface area (Å²) in [6, 6.07) is 1.81. The fourth-order valence-electron chi connectivity index (χ4n) is 2.18. The molecule has 0 saturated heterocycles. The van der Waals surface area contributed by atoms with Crippen molar-refractivity contribution in [1.29, 1.82) is 0 Å². The number of alkyl halides is 1. The molecule has 1 atom stereocenters. The first kappa shape index (κ1) is 14.8. The zero-order valence-corrected chi connectivity index (χ0v) is 14.0. The van der Waals surface area contributed by atoms with Crippen LogP contribution in [-0.2, 0) is 13.0 Å². The Kier molecular flexibility index (Phi) is 4.15. The van der Waals surface area contributed by atoms with Gasteiger partial charge in [-0.15, -0.1) is 22.9 Å². The van der Waals surface area contributed by atoms with E-state index in [4.69, 9.17) is 23.2 Å². The Balaban J connectivity index is 2.08. The molecule has 4 nitrogen and oxygen atoms in total. The van der Waals surface area contributed by atoms with Gasteiger partial charge in [0.2, 0.25) is 0 Å². The molecule has 0 aliphatic carbocycles. The summed E-state index contributed by atoms with van der Waals surface area (Å²) < 4.78 is 2.02. The Hall–Kier alpha value is -1.17. The number of rotatable bonds is 4. The molecular weight excluding hydrogens is 327 g/mol. The number of thiazole rings is 1. The minimum atomic E-state index is -0.205. The molecule has 0 N–H and O–H groups in total. The number of hydrogen-bond donors (Lipinski definition) is 0. The van der Waals surface area contributed by atoms with Crippen LogP contribution in [0, 0.1) is 0 Å². The molecule has 0 aliphatic heterocycles. The third-order valence-corrected chi connectivity index (χ3v) is 4.71. The van der Waals surface area contributed by atoms with E-state index in [0.717, 1.165) is 28.4 Å². The van der Waals surface area contributed by atoms with Gasteiger partial charge < -0.3 is 4.57 Å². The van der Waals surface area contributed by atoms with Gasteiger partial charge in [-0.1, -0.05) is 18.5 Å². The largest absolute Gasteiger partial charge is 0.305 e. The second kappa shape index (κ2) is 5.91. The zero-order chi connectivity index (χ0) is 15.0. The van der Waals surface area contributed by atoms with Crippen LogP contribution >= 0.6 is 34.5 Å². The van der Waals surface area contributed by atoms with Crippen molar-refractivity contribution in [1.82, 2.24) is 19.5 Å². The highest BCUT2D eigenvalue weighted by molar-refractivity contribution is 7.11. The molecule has 0 aromatic carbocycles. The lowest BCUT2D eigenvalue weighted by molar-refractivity contribution is 0.732. The Bertz CT molecular complexity index is 778. The molecule has 0 radical (unpaired) electrons. The van der Waals surface area contributed by atoms with Crippen molar-refractivity contribution < 1.29 is 0 Å². The normalized spacial score (nSPS) is 13.0. The Morgan fingerprint density at radius 3 is 2.81 bits per heavy atom. The van der Waals surface area contributed by atoms with Crippen molar-refractivity contribution in [2.45, 2.75) is 32.2 Å². The number of fused-ring (bicyclic) bond motifs is 1. The van der Waals surface area contributed by atoms with Crippen molar-refractivity contribution in [2.75, 3.05) is 0 Å². The highest BCUT2D eigenvalue weighted by Crippen LogP contribution is 2.26. The first-order valence-corrected chi connectivity index (χ1v) is 8.31. The SMILES string of the molecule is CCc1cnc(Cn2c(C(C)Cl)nc3cc(Cl)cnc32)s1. The van der Waals surface area contributed by atoms with E-state index in [1.165, 1.54) is 4.88 Å². The van der Waals surface area contributed by atoms with E-state index in [1.807, 2.05) is 23.8 Å². The molecule has 110 valence electrons. The van der Waals surface area contributed by atoms with E-state index >= 15 is 0 Å². The topological polar surface area (TPSA) is 43.6 Å². The molecule has 0 saturated carbocycles. The van der Waals surface area contributed by atoms with E-state index in [2.05, 4.69) is 21.9 Å². The molecule has 1 unspecified atom stereocenters. The monoisotopic (exact) mass is 340 g/mol. The lowest BCUT2D eigenvalue weighted by Gasteiger charge is -2.07. The molecule has 3 rings (SSSR count). The number of imidazole rings is 1. The van der Waals surface area contributed by atoms with Crippen LogP contribution in [0.4, 0.5) is 0 Å². The van der Waals surface area contributed by atoms with Crippen LogP contribution in [0.3, 0.4) is 0 Å². The maximum atomic E-state index is 6.26. The van der Waals surface area contributed by atoms with E-state index in [-0.39, 0.29) is 5.38 Å². The Morgan fingerprint density at radius 2 is 2.14 bits per heavy atom. The first-order valence-electron chi connectivity index (χ1n) is 6.67. The number of nitrogens with zero attached hydrogens (tertiary/aromatic N) is 4. The second-order valence-electron chi connectivity index (χ2n) is 4.74. The zero-order valence-electron chi connectivity index (χ0n) is 11.7. The quantitative estimate of drug-likeness (QED) is 0.659. The van der Waals surface area contributed by atoms with Crippen LogP contribution < -0.4 is 0 Å². The molecule has 0 bridgehead atoms. The van der Waals surface area contributed by atoms with Crippen LogP contribution in [0.2, 0.25) is 5.02 Å². The van der Waals surface area contributed by atoms with E-state index in [1.54, 1.807) is 17.5 Å². The van der Waals surface area contributed by atoms with Crippen LogP contribution in [0.25, 0.3) is 11.2 Å². The molecule has 21 heavy (non-hydrogen) atoms. The number of halogens is 2. The van der Waals surface area contributed by atoms with E-state index < -0.39 is 0 Å². The average molecular weight is 341 g/mol. The second-order valence-corrected chi connectivity index (χ2v) is 7.03. The highest BCUT2D eigenvalue weighted by Gasteiger charge is 2.17. The van der Waals surface area contributed by atoms with Gasteiger partial charge in [-0.25, -0.2) is 15.0 Å². The van der Waals surface area contributed by atoms with Gasteiger partial charge >= 0.3 is 0 Å². The summed E-state index contributed by atoms with van der Waals surface area (Å²) in [7, 11) is 0. The number of pyridine rings is 1.